The molecule has 1 aliphatic rings. The normalized spacial score (nSPS) is 18.7. The fourth-order valence-corrected chi connectivity index (χ4v) is 5.43. The smallest absolute Gasteiger partial charge is 0.484 e. The van der Waals surface area contributed by atoms with E-state index in [9.17, 15) is 22.8 Å². The number of hydrogen-bond donors (Lipinski definition) is 2. The maximum absolute atomic E-state index is 12.6. The molecule has 2 aromatic carbocycles. The molecule has 3 aromatic rings. The van der Waals surface area contributed by atoms with Crippen molar-refractivity contribution in [3.63, 3.8) is 0 Å². The van der Waals surface area contributed by atoms with Gasteiger partial charge in [0.1, 0.15) is 18.0 Å². The van der Waals surface area contributed by atoms with Gasteiger partial charge in [-0.1, -0.05) is 20.8 Å². The van der Waals surface area contributed by atoms with Crippen molar-refractivity contribution in [2.45, 2.75) is 52.4 Å². The molecular weight excluding hydrogens is 529 g/mol. The molecule has 4 rings (SSSR count). The molecule has 2 atom stereocenters. The fourth-order valence-electron chi connectivity index (χ4n) is 5.43. The van der Waals surface area contributed by atoms with Crippen molar-refractivity contribution in [1.29, 1.82) is 0 Å². The van der Waals surface area contributed by atoms with Gasteiger partial charge in [0, 0.05) is 17.8 Å². The second kappa shape index (κ2) is 11.6. The molecule has 1 heterocycles. The molecule has 216 valence electrons. The van der Waals surface area contributed by atoms with E-state index in [2.05, 4.69) is 45.4 Å². The first kappa shape index (κ1) is 29.0. The molecule has 0 radical (unpaired) electrons. The van der Waals surface area contributed by atoms with Crippen LogP contribution in [-0.2, 0) is 14.3 Å². The maximum Gasteiger partial charge on any atom is 0.573 e. The van der Waals surface area contributed by atoms with Crippen LogP contribution in [0.2, 0.25) is 0 Å². The molecule has 12 heteroatoms. The van der Waals surface area contributed by atoms with E-state index >= 15 is 0 Å². The molecule has 0 spiro atoms. The number of fused-ring (bicyclic) bond motifs is 1. The number of nitrogens with zero attached hydrogens (tertiary/aromatic N) is 2. The SMILES string of the molecule is COC(=O)CNC(=O)COc1ccc2c(c1)nc(Nc1ccc(OC(F)(F)F)cc1)n2C1C[C@H](C)CC(C)(C)C1. The number of aromatic nitrogens is 2. The molecule has 1 amide bonds. The summed E-state index contributed by atoms with van der Waals surface area (Å²) >= 11 is 0. The Kier molecular flexibility index (Phi) is 8.45. The summed E-state index contributed by atoms with van der Waals surface area (Å²) in [6.07, 6.45) is -1.79. The third-order valence-corrected chi connectivity index (χ3v) is 6.76. The number of imidazole rings is 1. The predicted molar refractivity (Wildman–Crippen MR) is 142 cm³/mol. The monoisotopic (exact) mass is 562 g/mol. The van der Waals surface area contributed by atoms with Gasteiger partial charge in [-0.25, -0.2) is 4.98 Å². The second-order valence-corrected chi connectivity index (χ2v) is 10.9. The van der Waals surface area contributed by atoms with Gasteiger partial charge in [0.05, 0.1) is 18.1 Å². The Bertz CT molecular complexity index is 1350. The number of carbonyl (C=O) groups is 2. The van der Waals surface area contributed by atoms with Crippen molar-refractivity contribution in [3.05, 3.63) is 42.5 Å². The minimum atomic E-state index is -4.77. The summed E-state index contributed by atoms with van der Waals surface area (Å²) in [6, 6.07) is 11.0. The lowest BCUT2D eigenvalue weighted by Crippen LogP contribution is -2.33. The molecule has 40 heavy (non-hydrogen) atoms. The molecule has 0 saturated heterocycles. The number of methoxy groups -OCH3 is 1. The van der Waals surface area contributed by atoms with Crippen LogP contribution < -0.4 is 20.1 Å². The number of esters is 1. The highest BCUT2D eigenvalue weighted by Gasteiger charge is 2.35. The Balaban J connectivity index is 1.60. The highest BCUT2D eigenvalue weighted by molar-refractivity contribution is 5.84. The van der Waals surface area contributed by atoms with Gasteiger partial charge in [-0.05, 0) is 67.0 Å². The molecule has 2 N–H and O–H groups in total. The van der Waals surface area contributed by atoms with Gasteiger partial charge in [-0.3, -0.25) is 9.59 Å². The summed E-state index contributed by atoms with van der Waals surface area (Å²) in [5.41, 5.74) is 2.15. The summed E-state index contributed by atoms with van der Waals surface area (Å²) in [5, 5.41) is 5.67. The summed E-state index contributed by atoms with van der Waals surface area (Å²) in [7, 11) is 1.23. The predicted octanol–water partition coefficient (Wildman–Crippen LogP) is 5.73. The van der Waals surface area contributed by atoms with Crippen molar-refractivity contribution in [2.75, 3.05) is 25.6 Å². The van der Waals surface area contributed by atoms with E-state index in [4.69, 9.17) is 9.72 Å². The number of carbonyl (C=O) groups excluding carboxylic acids is 2. The zero-order valence-corrected chi connectivity index (χ0v) is 22.8. The molecule has 0 bridgehead atoms. The van der Waals surface area contributed by atoms with Gasteiger partial charge in [0.15, 0.2) is 6.61 Å². The van der Waals surface area contributed by atoms with E-state index in [1.807, 2.05) is 6.07 Å². The molecule has 1 aliphatic carbocycles. The molecule has 1 unspecified atom stereocenters. The first-order chi connectivity index (χ1) is 18.8. The Morgan fingerprint density at radius 2 is 1.80 bits per heavy atom. The Hall–Kier alpha value is -3.96. The Morgan fingerprint density at radius 3 is 2.45 bits per heavy atom. The number of halogens is 3. The van der Waals surface area contributed by atoms with E-state index < -0.39 is 18.2 Å². The van der Waals surface area contributed by atoms with Crippen molar-refractivity contribution >= 4 is 34.5 Å². The Labute approximate surface area is 230 Å². The van der Waals surface area contributed by atoms with Crippen molar-refractivity contribution < 1.29 is 37.0 Å². The molecule has 9 nitrogen and oxygen atoms in total. The van der Waals surface area contributed by atoms with Crippen LogP contribution in [0.5, 0.6) is 11.5 Å². The Morgan fingerprint density at radius 1 is 1.10 bits per heavy atom. The minimum Gasteiger partial charge on any atom is -0.484 e. The third kappa shape index (κ3) is 7.57. The van der Waals surface area contributed by atoms with Crippen LogP contribution in [0.4, 0.5) is 24.8 Å². The number of amides is 1. The number of ether oxygens (including phenoxy) is 3. The highest BCUT2D eigenvalue weighted by atomic mass is 19.4. The van der Waals surface area contributed by atoms with Gasteiger partial charge >= 0.3 is 12.3 Å². The lowest BCUT2D eigenvalue weighted by molar-refractivity contribution is -0.274. The average Bonchev–Trinajstić information content (AvgIpc) is 3.22. The minimum absolute atomic E-state index is 0.118. The van der Waals surface area contributed by atoms with Crippen molar-refractivity contribution in [2.24, 2.45) is 11.3 Å². The zero-order chi connectivity index (χ0) is 29.1. The van der Waals surface area contributed by atoms with Gasteiger partial charge < -0.3 is 29.4 Å². The standard InChI is InChI=1S/C28H33F3N4O5/c1-17-11-19(14-27(2,3)13-17)35-23-10-9-21(39-16-24(36)32-15-25(37)38-4)12-22(23)34-26(35)33-18-5-7-20(8-6-18)40-28(29,30)31/h5-10,12,17,19H,11,13-16H2,1-4H3,(H,32,36)(H,33,34)/t17-,19?/m0/s1. The molecular formula is C28H33F3N4O5. The molecule has 1 saturated carbocycles. The van der Waals surface area contributed by atoms with E-state index in [-0.39, 0.29) is 30.4 Å². The van der Waals surface area contributed by atoms with Gasteiger partial charge in [0.25, 0.3) is 5.91 Å². The number of nitrogens with one attached hydrogen (secondary N) is 2. The number of hydrogen-bond acceptors (Lipinski definition) is 7. The summed E-state index contributed by atoms with van der Waals surface area (Å²) in [4.78, 5) is 28.0. The molecule has 0 aliphatic heterocycles. The number of rotatable bonds is 9. The fraction of sp³-hybridized carbons (Fsp3) is 0.464. The highest BCUT2D eigenvalue weighted by Crippen LogP contribution is 2.46. The van der Waals surface area contributed by atoms with Gasteiger partial charge in [-0.2, -0.15) is 0 Å². The van der Waals surface area contributed by atoms with E-state index in [0.717, 1.165) is 24.8 Å². The third-order valence-electron chi connectivity index (χ3n) is 6.76. The average molecular weight is 563 g/mol. The quantitative estimate of drug-likeness (QED) is 0.321. The van der Waals surface area contributed by atoms with E-state index in [1.54, 1.807) is 12.1 Å². The number of benzene rings is 2. The van der Waals surface area contributed by atoms with Crippen LogP contribution in [0, 0.1) is 11.3 Å². The van der Waals surface area contributed by atoms with Crippen LogP contribution in [0.3, 0.4) is 0 Å². The number of alkyl halides is 3. The van der Waals surface area contributed by atoms with E-state index in [1.165, 1.54) is 31.4 Å². The topological polar surface area (TPSA) is 104 Å². The number of anilines is 2. The lowest BCUT2D eigenvalue weighted by Gasteiger charge is -2.40. The second-order valence-electron chi connectivity index (χ2n) is 10.9. The largest absolute Gasteiger partial charge is 0.573 e. The van der Waals surface area contributed by atoms with Gasteiger partial charge in [0.2, 0.25) is 5.95 Å². The van der Waals surface area contributed by atoms with Crippen LogP contribution in [0.25, 0.3) is 11.0 Å². The van der Waals surface area contributed by atoms with E-state index in [0.29, 0.717) is 28.8 Å². The summed E-state index contributed by atoms with van der Waals surface area (Å²) in [6.45, 7) is 6.18. The lowest BCUT2D eigenvalue weighted by atomic mass is 9.70. The first-order valence-electron chi connectivity index (χ1n) is 12.9. The van der Waals surface area contributed by atoms with Crippen LogP contribution in [0.15, 0.2) is 42.5 Å². The summed E-state index contributed by atoms with van der Waals surface area (Å²) in [5.74, 6) is 0.0962. The zero-order valence-electron chi connectivity index (χ0n) is 22.8. The van der Waals surface area contributed by atoms with Crippen LogP contribution in [0.1, 0.15) is 46.1 Å². The van der Waals surface area contributed by atoms with Crippen LogP contribution in [-0.4, -0.2) is 48.1 Å². The van der Waals surface area contributed by atoms with Gasteiger partial charge in [-0.15, -0.1) is 13.2 Å². The van der Waals surface area contributed by atoms with Crippen LogP contribution >= 0.6 is 0 Å². The maximum atomic E-state index is 12.6. The molecule has 1 fully saturated rings. The van der Waals surface area contributed by atoms with Crippen molar-refractivity contribution in [1.82, 2.24) is 14.9 Å². The first-order valence-corrected chi connectivity index (χ1v) is 12.9. The summed E-state index contributed by atoms with van der Waals surface area (Å²) < 4.78 is 54.0. The molecule has 1 aromatic heterocycles. The van der Waals surface area contributed by atoms with Crippen molar-refractivity contribution in [3.8, 4) is 11.5 Å².